The summed E-state index contributed by atoms with van der Waals surface area (Å²) in [6.45, 7) is 1.78. The molecule has 1 heterocycles. The lowest BCUT2D eigenvalue weighted by atomic mass is 10.2. The average molecular weight is 272 g/mol. The fourth-order valence-corrected chi connectivity index (χ4v) is 2.06. The predicted molar refractivity (Wildman–Crippen MR) is 67.7 cm³/mol. The van der Waals surface area contributed by atoms with Gasteiger partial charge in [0.1, 0.15) is 0 Å². The quantitative estimate of drug-likeness (QED) is 0.726. The minimum atomic E-state index is -1.11. The number of amides is 2. The van der Waals surface area contributed by atoms with Crippen LogP contribution < -0.4 is 10.6 Å². The van der Waals surface area contributed by atoms with E-state index in [1.165, 1.54) is 7.11 Å². The predicted octanol–water partition coefficient (Wildman–Crippen LogP) is 1.21. The van der Waals surface area contributed by atoms with Crippen LogP contribution in [-0.4, -0.2) is 36.9 Å². The van der Waals surface area contributed by atoms with Crippen LogP contribution in [0.4, 0.5) is 4.79 Å². The molecule has 0 aliphatic carbocycles. The van der Waals surface area contributed by atoms with Crippen molar-refractivity contribution in [2.24, 2.45) is 0 Å². The zero-order valence-corrected chi connectivity index (χ0v) is 11.0. The first-order valence-corrected chi connectivity index (χ1v) is 6.31. The van der Waals surface area contributed by atoms with Gasteiger partial charge in [-0.1, -0.05) is 0 Å². The number of carbonyl (C=O) groups excluding carboxylic acids is 1. The Kier molecular flexibility index (Phi) is 5.60. The zero-order chi connectivity index (χ0) is 13.5. The first kappa shape index (κ1) is 14.5. The molecule has 1 aromatic rings. The van der Waals surface area contributed by atoms with Crippen molar-refractivity contribution in [2.75, 3.05) is 13.7 Å². The Balaban J connectivity index is 2.35. The standard InChI is InChI=1S/C11H16N2O4S/c1-7(8-3-4-18-6-8)13-11(16)12-5-9(17-2)10(14)15/h3-4,6-7,9H,5H2,1-2H3,(H,14,15)(H2,12,13,16). The van der Waals surface area contributed by atoms with Crippen molar-refractivity contribution in [1.29, 1.82) is 0 Å². The summed E-state index contributed by atoms with van der Waals surface area (Å²) in [6, 6.07) is 1.38. The van der Waals surface area contributed by atoms with E-state index in [4.69, 9.17) is 9.84 Å². The molecular formula is C11H16N2O4S. The number of carboxylic acid groups (broad SMARTS) is 1. The van der Waals surface area contributed by atoms with Gasteiger partial charge in [-0.15, -0.1) is 0 Å². The van der Waals surface area contributed by atoms with E-state index in [1.54, 1.807) is 11.3 Å². The molecule has 7 heteroatoms. The van der Waals surface area contributed by atoms with Crippen LogP contribution in [-0.2, 0) is 9.53 Å². The van der Waals surface area contributed by atoms with E-state index in [9.17, 15) is 9.59 Å². The SMILES string of the molecule is COC(CNC(=O)NC(C)c1ccsc1)C(=O)O. The van der Waals surface area contributed by atoms with Gasteiger partial charge >= 0.3 is 12.0 Å². The van der Waals surface area contributed by atoms with Gasteiger partial charge in [-0.25, -0.2) is 9.59 Å². The van der Waals surface area contributed by atoms with Crippen LogP contribution in [0.5, 0.6) is 0 Å². The Morgan fingerprint density at radius 3 is 2.78 bits per heavy atom. The molecule has 0 aliphatic rings. The fraction of sp³-hybridized carbons (Fsp3) is 0.455. The maximum atomic E-state index is 11.5. The molecule has 2 atom stereocenters. The maximum Gasteiger partial charge on any atom is 0.334 e. The molecule has 100 valence electrons. The highest BCUT2D eigenvalue weighted by Crippen LogP contribution is 2.14. The van der Waals surface area contributed by atoms with Crippen molar-refractivity contribution in [2.45, 2.75) is 19.1 Å². The van der Waals surface area contributed by atoms with Crippen LogP contribution in [0.3, 0.4) is 0 Å². The summed E-state index contributed by atoms with van der Waals surface area (Å²) in [6.07, 6.45) is -1.03. The van der Waals surface area contributed by atoms with Gasteiger partial charge in [0.2, 0.25) is 0 Å². The van der Waals surface area contributed by atoms with Crippen LogP contribution in [0.25, 0.3) is 0 Å². The largest absolute Gasteiger partial charge is 0.479 e. The first-order valence-electron chi connectivity index (χ1n) is 5.36. The summed E-state index contributed by atoms with van der Waals surface area (Å²) in [5.41, 5.74) is 1.01. The van der Waals surface area contributed by atoms with E-state index in [0.717, 1.165) is 5.56 Å². The third kappa shape index (κ3) is 4.34. The second-order valence-corrected chi connectivity index (χ2v) is 4.48. The third-order valence-corrected chi connectivity index (χ3v) is 3.10. The van der Waals surface area contributed by atoms with Crippen molar-refractivity contribution in [3.63, 3.8) is 0 Å². The van der Waals surface area contributed by atoms with Gasteiger partial charge in [-0.3, -0.25) is 0 Å². The van der Waals surface area contributed by atoms with Crippen LogP contribution in [0.15, 0.2) is 16.8 Å². The number of thiophene rings is 1. The number of methoxy groups -OCH3 is 1. The van der Waals surface area contributed by atoms with E-state index in [-0.39, 0.29) is 12.6 Å². The van der Waals surface area contributed by atoms with Gasteiger partial charge in [0.25, 0.3) is 0 Å². The van der Waals surface area contributed by atoms with Crippen molar-refractivity contribution >= 4 is 23.3 Å². The number of rotatable bonds is 6. The molecule has 0 aliphatic heterocycles. The van der Waals surface area contributed by atoms with E-state index < -0.39 is 18.1 Å². The third-order valence-electron chi connectivity index (χ3n) is 2.40. The number of hydrogen-bond acceptors (Lipinski definition) is 4. The minimum Gasteiger partial charge on any atom is -0.479 e. The number of urea groups is 1. The molecule has 0 bridgehead atoms. The molecule has 1 aromatic heterocycles. The van der Waals surface area contributed by atoms with Gasteiger partial charge < -0.3 is 20.5 Å². The molecule has 0 aromatic carbocycles. The average Bonchev–Trinajstić information content (AvgIpc) is 2.82. The molecule has 0 fully saturated rings. The smallest absolute Gasteiger partial charge is 0.334 e. The van der Waals surface area contributed by atoms with Gasteiger partial charge in [-0.05, 0) is 29.3 Å². The zero-order valence-electron chi connectivity index (χ0n) is 10.2. The summed E-state index contributed by atoms with van der Waals surface area (Å²) < 4.78 is 4.70. The number of carboxylic acids is 1. The number of aliphatic carboxylic acids is 1. The van der Waals surface area contributed by atoms with Crippen molar-refractivity contribution in [3.8, 4) is 0 Å². The van der Waals surface area contributed by atoms with E-state index in [1.807, 2.05) is 23.8 Å². The highest BCUT2D eigenvalue weighted by atomic mass is 32.1. The molecule has 0 spiro atoms. The number of hydrogen-bond donors (Lipinski definition) is 3. The van der Waals surface area contributed by atoms with E-state index in [0.29, 0.717) is 0 Å². The van der Waals surface area contributed by atoms with Gasteiger partial charge in [0.15, 0.2) is 6.10 Å². The fourth-order valence-electron chi connectivity index (χ4n) is 1.31. The van der Waals surface area contributed by atoms with Crippen molar-refractivity contribution in [3.05, 3.63) is 22.4 Å². The first-order chi connectivity index (χ1) is 8.54. The molecule has 1 rings (SSSR count). The lowest BCUT2D eigenvalue weighted by Gasteiger charge is -2.15. The second-order valence-electron chi connectivity index (χ2n) is 3.70. The highest BCUT2D eigenvalue weighted by molar-refractivity contribution is 7.07. The van der Waals surface area contributed by atoms with Gasteiger partial charge in [0, 0.05) is 7.11 Å². The summed E-state index contributed by atoms with van der Waals surface area (Å²) in [5.74, 6) is -1.11. The van der Waals surface area contributed by atoms with Crippen molar-refractivity contribution < 1.29 is 19.4 Å². The Hall–Kier alpha value is -1.60. The van der Waals surface area contributed by atoms with Gasteiger partial charge in [-0.2, -0.15) is 11.3 Å². The lowest BCUT2D eigenvalue weighted by Crippen LogP contribution is -2.43. The minimum absolute atomic E-state index is 0.0754. The lowest BCUT2D eigenvalue weighted by molar-refractivity contribution is -0.147. The van der Waals surface area contributed by atoms with Crippen LogP contribution in [0.1, 0.15) is 18.5 Å². The summed E-state index contributed by atoms with van der Waals surface area (Å²) in [7, 11) is 1.28. The maximum absolute atomic E-state index is 11.5. The van der Waals surface area contributed by atoms with E-state index >= 15 is 0 Å². The van der Waals surface area contributed by atoms with Crippen LogP contribution >= 0.6 is 11.3 Å². The Bertz CT molecular complexity index is 394. The van der Waals surface area contributed by atoms with Crippen LogP contribution in [0.2, 0.25) is 0 Å². The molecule has 18 heavy (non-hydrogen) atoms. The summed E-state index contributed by atoms with van der Waals surface area (Å²) in [4.78, 5) is 22.2. The van der Waals surface area contributed by atoms with Crippen LogP contribution in [0, 0.1) is 0 Å². The van der Waals surface area contributed by atoms with Crippen molar-refractivity contribution in [1.82, 2.24) is 10.6 Å². The summed E-state index contributed by atoms with van der Waals surface area (Å²) in [5, 5.41) is 17.8. The second kappa shape index (κ2) is 6.97. The normalized spacial score (nSPS) is 13.7. The monoisotopic (exact) mass is 272 g/mol. The molecule has 6 nitrogen and oxygen atoms in total. The number of carbonyl (C=O) groups is 2. The molecular weight excluding hydrogens is 256 g/mol. The van der Waals surface area contributed by atoms with E-state index in [2.05, 4.69) is 10.6 Å². The Morgan fingerprint density at radius 2 is 2.28 bits per heavy atom. The Labute approximate surface area is 109 Å². The molecule has 0 saturated heterocycles. The topological polar surface area (TPSA) is 87.7 Å². The highest BCUT2D eigenvalue weighted by Gasteiger charge is 2.17. The number of ether oxygens (including phenoxy) is 1. The molecule has 3 N–H and O–H groups in total. The molecule has 0 saturated carbocycles. The molecule has 0 radical (unpaired) electrons. The molecule has 2 unspecified atom stereocenters. The summed E-state index contributed by atoms with van der Waals surface area (Å²) >= 11 is 1.55. The Morgan fingerprint density at radius 1 is 1.56 bits per heavy atom. The molecule has 2 amide bonds. The number of nitrogens with one attached hydrogen (secondary N) is 2. The van der Waals surface area contributed by atoms with Gasteiger partial charge in [0.05, 0.1) is 12.6 Å².